The maximum atomic E-state index is 11.7. The summed E-state index contributed by atoms with van der Waals surface area (Å²) in [4.78, 5) is 26.9. The average Bonchev–Trinajstić information content (AvgIpc) is 2.99. The van der Waals surface area contributed by atoms with Gasteiger partial charge in [0.15, 0.2) is 6.39 Å². The molecule has 1 heterocycles. The largest absolute Gasteiger partial charge is 0.462 e. The first kappa shape index (κ1) is 14.6. The van der Waals surface area contributed by atoms with Crippen LogP contribution in [0.25, 0.3) is 0 Å². The van der Waals surface area contributed by atoms with E-state index in [1.807, 2.05) is 0 Å². The molecule has 0 spiro atoms. The zero-order valence-corrected chi connectivity index (χ0v) is 11.5. The molecule has 110 valence electrons. The van der Waals surface area contributed by atoms with Crippen LogP contribution < -0.4 is 10.6 Å². The van der Waals surface area contributed by atoms with Gasteiger partial charge in [0.25, 0.3) is 0 Å². The Balaban J connectivity index is 1.85. The smallest absolute Gasteiger partial charge is 0.338 e. The number of anilines is 1. The van der Waals surface area contributed by atoms with Gasteiger partial charge in [0, 0.05) is 5.69 Å². The highest BCUT2D eigenvalue weighted by Crippen LogP contribution is 2.10. The molecule has 0 radical (unpaired) electrons. The van der Waals surface area contributed by atoms with Crippen LogP contribution in [0.4, 0.5) is 10.5 Å². The summed E-state index contributed by atoms with van der Waals surface area (Å²) in [6.45, 7) is 2.31. The van der Waals surface area contributed by atoms with E-state index >= 15 is 0 Å². The molecule has 2 N–H and O–H groups in total. The lowest BCUT2D eigenvalue weighted by molar-refractivity contribution is 0.0526. The fourth-order valence-corrected chi connectivity index (χ4v) is 1.58. The average molecular weight is 289 g/mol. The maximum absolute atomic E-state index is 11.7. The van der Waals surface area contributed by atoms with Crippen LogP contribution in [0, 0.1) is 0 Å². The van der Waals surface area contributed by atoms with Crippen molar-refractivity contribution in [2.24, 2.45) is 0 Å². The number of benzene rings is 1. The number of nitrogens with one attached hydrogen (secondary N) is 2. The molecule has 2 aromatic rings. The lowest BCUT2D eigenvalue weighted by Crippen LogP contribution is -2.28. The predicted octanol–water partition coefficient (Wildman–Crippen LogP) is 2.17. The first-order valence-electron chi connectivity index (χ1n) is 6.38. The third kappa shape index (κ3) is 4.34. The number of aromatic nitrogens is 1. The van der Waals surface area contributed by atoms with Crippen LogP contribution in [0.2, 0.25) is 0 Å². The van der Waals surface area contributed by atoms with Crippen molar-refractivity contribution in [1.82, 2.24) is 10.3 Å². The standard InChI is InChI=1S/C14H15N3O4/c1-2-20-13(18)10-3-5-11(6-4-10)17-14(19)16-8-12-7-15-9-21-12/h3-7,9H,2,8H2,1H3,(H2,16,17,19). The monoisotopic (exact) mass is 289 g/mol. The van der Waals surface area contributed by atoms with E-state index in [0.717, 1.165) is 0 Å². The predicted molar refractivity (Wildman–Crippen MR) is 74.8 cm³/mol. The van der Waals surface area contributed by atoms with E-state index in [1.54, 1.807) is 31.2 Å². The minimum absolute atomic E-state index is 0.243. The number of nitrogens with zero attached hydrogens (tertiary/aromatic N) is 1. The number of carbonyl (C=O) groups excluding carboxylic acids is 2. The van der Waals surface area contributed by atoms with Crippen molar-refractivity contribution >= 4 is 17.7 Å². The van der Waals surface area contributed by atoms with Gasteiger partial charge in [-0.2, -0.15) is 0 Å². The number of ether oxygens (including phenoxy) is 1. The minimum Gasteiger partial charge on any atom is -0.462 e. The van der Waals surface area contributed by atoms with Gasteiger partial charge in [0.2, 0.25) is 0 Å². The van der Waals surface area contributed by atoms with Crippen molar-refractivity contribution in [2.75, 3.05) is 11.9 Å². The summed E-state index contributed by atoms with van der Waals surface area (Å²) in [5.41, 5.74) is 1.00. The summed E-state index contributed by atoms with van der Waals surface area (Å²) >= 11 is 0. The number of hydrogen-bond acceptors (Lipinski definition) is 5. The Hall–Kier alpha value is -2.83. The topological polar surface area (TPSA) is 93.5 Å². The van der Waals surface area contributed by atoms with E-state index in [1.165, 1.54) is 12.6 Å². The van der Waals surface area contributed by atoms with Gasteiger partial charge >= 0.3 is 12.0 Å². The van der Waals surface area contributed by atoms with E-state index in [0.29, 0.717) is 23.6 Å². The molecule has 0 aliphatic rings. The molecule has 0 aliphatic carbocycles. The highest BCUT2D eigenvalue weighted by molar-refractivity contribution is 5.92. The molecule has 0 atom stereocenters. The summed E-state index contributed by atoms with van der Waals surface area (Å²) < 4.78 is 9.87. The van der Waals surface area contributed by atoms with Crippen LogP contribution in [0.15, 0.2) is 41.3 Å². The molecule has 0 aliphatic heterocycles. The van der Waals surface area contributed by atoms with Crippen LogP contribution in [-0.2, 0) is 11.3 Å². The van der Waals surface area contributed by atoms with Gasteiger partial charge in [-0.1, -0.05) is 0 Å². The van der Waals surface area contributed by atoms with Crippen molar-refractivity contribution in [1.29, 1.82) is 0 Å². The lowest BCUT2D eigenvalue weighted by Gasteiger charge is -2.07. The number of esters is 1. The third-order valence-corrected chi connectivity index (χ3v) is 2.56. The van der Waals surface area contributed by atoms with E-state index in [2.05, 4.69) is 15.6 Å². The second kappa shape index (κ2) is 7.09. The first-order valence-corrected chi connectivity index (χ1v) is 6.38. The summed E-state index contributed by atoms with van der Waals surface area (Å²) in [6.07, 6.45) is 2.82. The lowest BCUT2D eigenvalue weighted by atomic mass is 10.2. The SMILES string of the molecule is CCOC(=O)c1ccc(NC(=O)NCc2cnco2)cc1. The number of oxazole rings is 1. The van der Waals surface area contributed by atoms with Gasteiger partial charge in [0.05, 0.1) is 24.9 Å². The fourth-order valence-electron chi connectivity index (χ4n) is 1.58. The highest BCUT2D eigenvalue weighted by Gasteiger charge is 2.07. The van der Waals surface area contributed by atoms with Crippen molar-refractivity contribution in [2.45, 2.75) is 13.5 Å². The molecule has 0 bridgehead atoms. The Morgan fingerprint density at radius 3 is 2.67 bits per heavy atom. The summed E-state index contributed by atoms with van der Waals surface area (Å²) in [7, 11) is 0. The molecular weight excluding hydrogens is 274 g/mol. The number of carbonyl (C=O) groups is 2. The van der Waals surface area contributed by atoms with Gasteiger partial charge in [-0.05, 0) is 31.2 Å². The van der Waals surface area contributed by atoms with Gasteiger partial charge < -0.3 is 19.8 Å². The van der Waals surface area contributed by atoms with Crippen LogP contribution in [0.3, 0.4) is 0 Å². The molecule has 0 fully saturated rings. The van der Waals surface area contributed by atoms with Crippen molar-refractivity contribution in [3.05, 3.63) is 48.2 Å². The maximum Gasteiger partial charge on any atom is 0.338 e. The molecular formula is C14H15N3O4. The molecule has 7 nitrogen and oxygen atoms in total. The Morgan fingerprint density at radius 2 is 2.05 bits per heavy atom. The van der Waals surface area contributed by atoms with Crippen molar-refractivity contribution in [3.8, 4) is 0 Å². The summed E-state index contributed by atoms with van der Waals surface area (Å²) in [5.74, 6) is 0.168. The molecule has 7 heteroatoms. The second-order valence-corrected chi connectivity index (χ2v) is 4.07. The summed E-state index contributed by atoms with van der Waals surface area (Å²) in [5, 5.41) is 5.25. The molecule has 0 unspecified atom stereocenters. The molecule has 1 aromatic heterocycles. The third-order valence-electron chi connectivity index (χ3n) is 2.56. The van der Waals surface area contributed by atoms with E-state index in [-0.39, 0.29) is 18.5 Å². The second-order valence-electron chi connectivity index (χ2n) is 4.07. The van der Waals surface area contributed by atoms with Gasteiger partial charge in [-0.3, -0.25) is 0 Å². The molecule has 2 rings (SSSR count). The number of hydrogen-bond donors (Lipinski definition) is 2. The van der Waals surface area contributed by atoms with Crippen LogP contribution >= 0.6 is 0 Å². The minimum atomic E-state index is -0.390. The Kier molecular flexibility index (Phi) is 4.92. The zero-order valence-electron chi connectivity index (χ0n) is 11.5. The van der Waals surface area contributed by atoms with Gasteiger partial charge in [-0.15, -0.1) is 0 Å². The molecule has 1 aromatic carbocycles. The molecule has 0 saturated heterocycles. The highest BCUT2D eigenvalue weighted by atomic mass is 16.5. The zero-order chi connectivity index (χ0) is 15.1. The number of amides is 2. The van der Waals surface area contributed by atoms with Crippen molar-refractivity contribution < 1.29 is 18.7 Å². The van der Waals surface area contributed by atoms with Gasteiger partial charge in [-0.25, -0.2) is 14.6 Å². The molecule has 2 amide bonds. The Labute approximate surface area is 121 Å². The van der Waals surface area contributed by atoms with E-state index in [9.17, 15) is 9.59 Å². The quantitative estimate of drug-likeness (QED) is 0.823. The van der Waals surface area contributed by atoms with Crippen molar-refractivity contribution in [3.63, 3.8) is 0 Å². The van der Waals surface area contributed by atoms with E-state index < -0.39 is 0 Å². The number of urea groups is 1. The normalized spacial score (nSPS) is 9.95. The Morgan fingerprint density at radius 1 is 1.29 bits per heavy atom. The summed E-state index contributed by atoms with van der Waals surface area (Å²) in [6, 6.07) is 6.05. The van der Waals surface area contributed by atoms with E-state index in [4.69, 9.17) is 9.15 Å². The molecule has 21 heavy (non-hydrogen) atoms. The van der Waals surface area contributed by atoms with Crippen LogP contribution in [0.1, 0.15) is 23.0 Å². The molecule has 0 saturated carbocycles. The van der Waals surface area contributed by atoms with Crippen LogP contribution in [0.5, 0.6) is 0 Å². The fraction of sp³-hybridized carbons (Fsp3) is 0.214. The van der Waals surface area contributed by atoms with Crippen LogP contribution in [-0.4, -0.2) is 23.6 Å². The van der Waals surface area contributed by atoms with Gasteiger partial charge in [0.1, 0.15) is 5.76 Å². The first-order chi connectivity index (χ1) is 10.2. The number of rotatable bonds is 5. The Bertz CT molecular complexity index is 593.